The quantitative estimate of drug-likeness (QED) is 0.568. The average Bonchev–Trinajstić information content (AvgIpc) is 3.08. The number of hydrogen-bond donors (Lipinski definition) is 1. The number of rotatable bonds is 6. The van der Waals surface area contributed by atoms with E-state index in [1.165, 1.54) is 0 Å². The number of aromatic nitrogens is 3. The molecule has 0 spiro atoms. The highest BCUT2D eigenvalue weighted by Crippen LogP contribution is 2.38. The Kier molecular flexibility index (Phi) is 7.34. The molecule has 1 heterocycles. The minimum Gasteiger partial charge on any atom is -0.346 e. The van der Waals surface area contributed by atoms with Crippen molar-refractivity contribution >= 4 is 40.9 Å². The van der Waals surface area contributed by atoms with Gasteiger partial charge in [-0.25, -0.2) is 0 Å². The van der Waals surface area contributed by atoms with E-state index < -0.39 is 18.6 Å². The molecule has 1 N–H and O–H groups in total. The minimum absolute atomic E-state index is 0.140. The molecule has 0 unspecified atom stereocenters. The Balaban J connectivity index is 1.83. The standard InChI is InChI=1S/C18H19Cl2F3N4OS/c19-11-6-7-13(14(20)8-11)16-25-26-17(27(16)12-4-2-1-3-5-12)29-9-15(28)24-10-18(21,22)23/h6-8,12H,1-5,9-10H2,(H,24,28). The van der Waals surface area contributed by atoms with Gasteiger partial charge in [-0.2, -0.15) is 13.2 Å². The number of alkyl halides is 3. The van der Waals surface area contributed by atoms with E-state index in [2.05, 4.69) is 10.2 Å². The molecular formula is C18H19Cl2F3N4OS. The highest BCUT2D eigenvalue weighted by atomic mass is 35.5. The molecule has 0 radical (unpaired) electrons. The topological polar surface area (TPSA) is 59.8 Å². The maximum absolute atomic E-state index is 12.3. The number of halogens is 5. The Labute approximate surface area is 180 Å². The second-order valence-electron chi connectivity index (χ2n) is 6.77. The van der Waals surface area contributed by atoms with Crippen LogP contribution in [0.15, 0.2) is 23.4 Å². The SMILES string of the molecule is O=C(CSc1nnc(-c2ccc(Cl)cc2Cl)n1C1CCCCC1)NCC(F)(F)F. The summed E-state index contributed by atoms with van der Waals surface area (Å²) in [7, 11) is 0. The first-order valence-electron chi connectivity index (χ1n) is 9.11. The molecule has 0 aliphatic heterocycles. The van der Waals surface area contributed by atoms with Gasteiger partial charge in [-0.05, 0) is 31.0 Å². The monoisotopic (exact) mass is 466 g/mol. The van der Waals surface area contributed by atoms with Gasteiger partial charge in [0.1, 0.15) is 6.54 Å². The van der Waals surface area contributed by atoms with E-state index in [-0.39, 0.29) is 11.8 Å². The van der Waals surface area contributed by atoms with Gasteiger partial charge >= 0.3 is 6.18 Å². The Morgan fingerprint density at radius 2 is 1.93 bits per heavy atom. The smallest absolute Gasteiger partial charge is 0.346 e. The summed E-state index contributed by atoms with van der Waals surface area (Å²) in [5, 5.41) is 11.7. The van der Waals surface area contributed by atoms with Crippen LogP contribution in [0.3, 0.4) is 0 Å². The molecule has 11 heteroatoms. The lowest BCUT2D eigenvalue weighted by atomic mass is 9.95. The third-order valence-electron chi connectivity index (χ3n) is 4.59. The summed E-state index contributed by atoms with van der Waals surface area (Å²) < 4.78 is 38.8. The van der Waals surface area contributed by atoms with Gasteiger partial charge in [-0.15, -0.1) is 10.2 Å². The van der Waals surface area contributed by atoms with Gasteiger partial charge in [0.05, 0.1) is 10.8 Å². The highest BCUT2D eigenvalue weighted by Gasteiger charge is 2.28. The number of nitrogens with one attached hydrogen (secondary N) is 1. The number of thioether (sulfide) groups is 1. The summed E-state index contributed by atoms with van der Waals surface area (Å²) in [4.78, 5) is 11.8. The molecule has 2 aromatic rings. The van der Waals surface area contributed by atoms with Gasteiger partial charge in [0.25, 0.3) is 0 Å². The molecule has 3 rings (SSSR count). The highest BCUT2D eigenvalue weighted by molar-refractivity contribution is 7.99. The third kappa shape index (κ3) is 6.02. The summed E-state index contributed by atoms with van der Waals surface area (Å²) in [6.45, 7) is -1.35. The van der Waals surface area contributed by atoms with Crippen molar-refractivity contribution in [3.8, 4) is 11.4 Å². The molecule has 1 fully saturated rings. The molecule has 1 aliphatic rings. The van der Waals surface area contributed by atoms with Crippen molar-refractivity contribution in [1.82, 2.24) is 20.1 Å². The fourth-order valence-electron chi connectivity index (χ4n) is 3.28. The Bertz CT molecular complexity index is 869. The van der Waals surface area contributed by atoms with Crippen molar-refractivity contribution in [2.45, 2.75) is 49.5 Å². The van der Waals surface area contributed by atoms with Crippen LogP contribution in [0.2, 0.25) is 10.0 Å². The molecule has 5 nitrogen and oxygen atoms in total. The lowest BCUT2D eigenvalue weighted by Crippen LogP contribution is -2.34. The van der Waals surface area contributed by atoms with Crippen molar-refractivity contribution in [3.63, 3.8) is 0 Å². The first-order valence-corrected chi connectivity index (χ1v) is 10.9. The normalized spacial score (nSPS) is 15.5. The van der Waals surface area contributed by atoms with Crippen LogP contribution >= 0.6 is 35.0 Å². The van der Waals surface area contributed by atoms with Crippen LogP contribution in [0.25, 0.3) is 11.4 Å². The van der Waals surface area contributed by atoms with E-state index in [9.17, 15) is 18.0 Å². The first kappa shape index (κ1) is 22.2. The summed E-state index contributed by atoms with van der Waals surface area (Å²) in [6, 6.07) is 5.23. The molecule has 0 bridgehead atoms. The van der Waals surface area contributed by atoms with Crippen LogP contribution in [0.1, 0.15) is 38.1 Å². The molecule has 1 aromatic heterocycles. The second kappa shape index (κ2) is 9.57. The molecule has 0 atom stereocenters. The van der Waals surface area contributed by atoms with E-state index in [0.29, 0.717) is 26.6 Å². The van der Waals surface area contributed by atoms with E-state index in [4.69, 9.17) is 23.2 Å². The molecule has 158 valence electrons. The fourth-order valence-corrected chi connectivity index (χ4v) is 4.61. The predicted octanol–water partition coefficient (Wildman–Crippen LogP) is 5.53. The molecule has 0 saturated heterocycles. The molecule has 29 heavy (non-hydrogen) atoms. The Morgan fingerprint density at radius 3 is 2.59 bits per heavy atom. The Hall–Kier alpha value is -1.45. The molecule has 1 aliphatic carbocycles. The van der Waals surface area contributed by atoms with Gasteiger partial charge in [-0.3, -0.25) is 9.36 Å². The lowest BCUT2D eigenvalue weighted by Gasteiger charge is -2.25. The number of carbonyl (C=O) groups excluding carboxylic acids is 1. The van der Waals surface area contributed by atoms with Gasteiger partial charge in [0, 0.05) is 16.6 Å². The third-order valence-corrected chi connectivity index (χ3v) is 6.09. The van der Waals surface area contributed by atoms with Crippen LogP contribution in [0, 0.1) is 0 Å². The number of nitrogens with zero attached hydrogens (tertiary/aromatic N) is 3. The second-order valence-corrected chi connectivity index (χ2v) is 8.56. The maximum atomic E-state index is 12.3. The van der Waals surface area contributed by atoms with Gasteiger partial charge < -0.3 is 5.32 Å². The van der Waals surface area contributed by atoms with Crippen molar-refractivity contribution in [2.75, 3.05) is 12.3 Å². The summed E-state index contributed by atoms with van der Waals surface area (Å²) in [5.41, 5.74) is 0.669. The maximum Gasteiger partial charge on any atom is 0.405 e. The van der Waals surface area contributed by atoms with Crippen LogP contribution in [-0.4, -0.2) is 39.1 Å². The van der Waals surface area contributed by atoms with Gasteiger partial charge in [0.2, 0.25) is 5.91 Å². The first-order chi connectivity index (χ1) is 13.7. The molecule has 1 saturated carbocycles. The van der Waals surface area contributed by atoms with Crippen LogP contribution in [0.5, 0.6) is 0 Å². The summed E-state index contributed by atoms with van der Waals surface area (Å²) in [5.74, 6) is -0.330. The van der Waals surface area contributed by atoms with Crippen molar-refractivity contribution in [3.05, 3.63) is 28.2 Å². The van der Waals surface area contributed by atoms with Crippen LogP contribution < -0.4 is 5.32 Å². The number of benzene rings is 1. The summed E-state index contributed by atoms with van der Waals surface area (Å²) in [6.07, 6.45) is 0.701. The van der Waals surface area contributed by atoms with E-state index in [1.807, 2.05) is 9.88 Å². The number of hydrogen-bond acceptors (Lipinski definition) is 4. The minimum atomic E-state index is -4.44. The van der Waals surface area contributed by atoms with Crippen molar-refractivity contribution in [1.29, 1.82) is 0 Å². The zero-order chi connectivity index (χ0) is 21.0. The Morgan fingerprint density at radius 1 is 1.21 bits per heavy atom. The summed E-state index contributed by atoms with van der Waals surface area (Å²) >= 11 is 13.4. The molecule has 1 aromatic carbocycles. The average molecular weight is 467 g/mol. The van der Waals surface area contributed by atoms with Gasteiger partial charge in [0.15, 0.2) is 11.0 Å². The van der Waals surface area contributed by atoms with E-state index in [0.717, 1.165) is 43.9 Å². The van der Waals surface area contributed by atoms with Gasteiger partial charge in [-0.1, -0.05) is 54.2 Å². The fraction of sp³-hybridized carbons (Fsp3) is 0.500. The van der Waals surface area contributed by atoms with Crippen LogP contribution in [0.4, 0.5) is 13.2 Å². The van der Waals surface area contributed by atoms with Crippen LogP contribution in [-0.2, 0) is 4.79 Å². The van der Waals surface area contributed by atoms with Crippen molar-refractivity contribution in [2.24, 2.45) is 0 Å². The molecular weight excluding hydrogens is 448 g/mol. The zero-order valence-corrected chi connectivity index (χ0v) is 17.6. The lowest BCUT2D eigenvalue weighted by molar-refractivity contribution is -0.136. The molecule has 1 amide bonds. The predicted molar refractivity (Wildman–Crippen MR) is 107 cm³/mol. The zero-order valence-electron chi connectivity index (χ0n) is 15.3. The largest absolute Gasteiger partial charge is 0.405 e. The number of carbonyl (C=O) groups is 1. The van der Waals surface area contributed by atoms with E-state index >= 15 is 0 Å². The van der Waals surface area contributed by atoms with E-state index in [1.54, 1.807) is 18.2 Å². The number of amides is 1. The van der Waals surface area contributed by atoms with Crippen molar-refractivity contribution < 1.29 is 18.0 Å².